The van der Waals surface area contributed by atoms with Gasteiger partial charge in [-0.05, 0) is 45.8 Å². The number of hydrogen-bond donors (Lipinski definition) is 1. The first kappa shape index (κ1) is 20.6. The van der Waals surface area contributed by atoms with Crippen molar-refractivity contribution in [3.05, 3.63) is 63.9 Å². The van der Waals surface area contributed by atoms with Gasteiger partial charge >= 0.3 is 5.97 Å². The SMILES string of the molecule is COC(=O)c1cccc(COc2ccc(Nc3c(C#N)c(Br)nn3SF)nc2)c1. The molecular formula is C18H13BrFN5O3S. The molecule has 0 saturated carbocycles. The molecule has 1 aromatic carbocycles. The van der Waals surface area contributed by atoms with E-state index in [9.17, 15) is 13.9 Å². The molecule has 3 rings (SSSR count). The number of nitrogens with zero attached hydrogens (tertiary/aromatic N) is 4. The van der Waals surface area contributed by atoms with E-state index in [-0.39, 0.29) is 34.9 Å². The zero-order chi connectivity index (χ0) is 20.8. The Hall–Kier alpha value is -3.10. The number of hydrogen-bond acceptors (Lipinski definition) is 8. The van der Waals surface area contributed by atoms with E-state index in [4.69, 9.17) is 9.47 Å². The van der Waals surface area contributed by atoms with Crippen LogP contribution in [-0.2, 0) is 11.3 Å². The fourth-order valence-corrected chi connectivity index (χ4v) is 3.22. The number of carbonyl (C=O) groups is 1. The summed E-state index contributed by atoms with van der Waals surface area (Å²) in [6.07, 6.45) is 1.48. The van der Waals surface area contributed by atoms with E-state index < -0.39 is 5.97 Å². The van der Waals surface area contributed by atoms with Gasteiger partial charge in [0.1, 0.15) is 34.4 Å². The van der Waals surface area contributed by atoms with Crippen LogP contribution in [0.3, 0.4) is 0 Å². The van der Waals surface area contributed by atoms with E-state index in [2.05, 4.69) is 31.3 Å². The van der Waals surface area contributed by atoms with Crippen LogP contribution in [0.25, 0.3) is 0 Å². The molecule has 0 amide bonds. The van der Waals surface area contributed by atoms with Gasteiger partial charge in [-0.15, -0.1) is 8.98 Å². The zero-order valence-corrected chi connectivity index (χ0v) is 17.3. The maximum absolute atomic E-state index is 13.0. The van der Waals surface area contributed by atoms with Crippen molar-refractivity contribution in [1.29, 1.82) is 5.26 Å². The highest BCUT2D eigenvalue weighted by molar-refractivity contribution is 9.10. The molecule has 8 nitrogen and oxygen atoms in total. The number of ether oxygens (including phenoxy) is 2. The van der Waals surface area contributed by atoms with Gasteiger partial charge in [-0.25, -0.2) is 9.78 Å². The van der Waals surface area contributed by atoms with Crippen molar-refractivity contribution in [1.82, 2.24) is 14.2 Å². The molecule has 0 bridgehead atoms. The van der Waals surface area contributed by atoms with Crippen molar-refractivity contribution >= 4 is 45.9 Å². The molecule has 0 radical (unpaired) electrons. The number of carbonyl (C=O) groups excluding carboxylic acids is 1. The third-order valence-electron chi connectivity index (χ3n) is 3.73. The Bertz CT molecular complexity index is 1070. The molecule has 0 aliphatic heterocycles. The van der Waals surface area contributed by atoms with Crippen LogP contribution in [0.5, 0.6) is 5.75 Å². The van der Waals surface area contributed by atoms with Crippen molar-refractivity contribution in [2.75, 3.05) is 12.4 Å². The van der Waals surface area contributed by atoms with Crippen molar-refractivity contribution in [2.45, 2.75) is 6.61 Å². The quantitative estimate of drug-likeness (QED) is 0.499. The molecule has 0 spiro atoms. The van der Waals surface area contributed by atoms with Crippen molar-refractivity contribution in [3.63, 3.8) is 0 Å². The van der Waals surface area contributed by atoms with E-state index in [1.807, 2.05) is 12.1 Å². The zero-order valence-electron chi connectivity index (χ0n) is 14.9. The van der Waals surface area contributed by atoms with Gasteiger partial charge in [0.05, 0.1) is 18.9 Å². The summed E-state index contributed by atoms with van der Waals surface area (Å²) in [5, 5.41) is 15.9. The van der Waals surface area contributed by atoms with Crippen LogP contribution >= 0.6 is 28.3 Å². The predicted octanol–water partition coefficient (Wildman–Crippen LogP) is 4.40. The largest absolute Gasteiger partial charge is 0.487 e. The second-order valence-corrected chi connectivity index (χ2v) is 6.79. The second kappa shape index (κ2) is 9.40. The fraction of sp³-hybridized carbons (Fsp3) is 0.111. The molecule has 0 saturated heterocycles. The maximum Gasteiger partial charge on any atom is 0.337 e. The van der Waals surface area contributed by atoms with E-state index in [0.29, 0.717) is 17.1 Å². The summed E-state index contributed by atoms with van der Waals surface area (Å²) in [5.74, 6) is 0.615. The number of benzene rings is 1. The summed E-state index contributed by atoms with van der Waals surface area (Å²) in [6, 6.07) is 12.2. The Kier molecular flexibility index (Phi) is 6.69. The summed E-state index contributed by atoms with van der Waals surface area (Å²) in [6.45, 7) is 0.232. The highest BCUT2D eigenvalue weighted by Crippen LogP contribution is 2.30. The number of halogens is 2. The lowest BCUT2D eigenvalue weighted by Crippen LogP contribution is -2.03. The van der Waals surface area contributed by atoms with Gasteiger partial charge in [0.15, 0.2) is 18.2 Å². The lowest BCUT2D eigenvalue weighted by Gasteiger charge is -2.09. The molecule has 0 fully saturated rings. The third kappa shape index (κ3) is 4.85. The number of esters is 1. The van der Waals surface area contributed by atoms with E-state index in [1.165, 1.54) is 13.3 Å². The molecule has 2 aromatic heterocycles. The first-order valence-electron chi connectivity index (χ1n) is 8.06. The Labute approximate surface area is 178 Å². The minimum atomic E-state index is -0.419. The normalized spacial score (nSPS) is 10.3. The highest BCUT2D eigenvalue weighted by Gasteiger charge is 2.17. The standard InChI is InChI=1S/C18H13BrFN5O3S/c1-27-18(26)12-4-2-3-11(7-12)10-28-13-5-6-15(22-9-13)23-17-14(8-21)16(19)24-25(17)29-20/h2-7,9H,10H2,1H3,(H,22,23). The second-order valence-electron chi connectivity index (χ2n) is 5.55. The van der Waals surface area contributed by atoms with Gasteiger partial charge in [-0.1, -0.05) is 12.1 Å². The van der Waals surface area contributed by atoms with Gasteiger partial charge < -0.3 is 14.8 Å². The molecule has 29 heavy (non-hydrogen) atoms. The average molecular weight is 478 g/mol. The molecule has 2 heterocycles. The Morgan fingerprint density at radius 2 is 2.24 bits per heavy atom. The van der Waals surface area contributed by atoms with Crippen LogP contribution in [0, 0.1) is 11.3 Å². The van der Waals surface area contributed by atoms with E-state index in [0.717, 1.165) is 9.65 Å². The van der Waals surface area contributed by atoms with Crippen LogP contribution in [0.1, 0.15) is 21.5 Å². The Morgan fingerprint density at radius 3 is 2.90 bits per heavy atom. The van der Waals surface area contributed by atoms with E-state index >= 15 is 0 Å². The van der Waals surface area contributed by atoms with Crippen LogP contribution < -0.4 is 10.1 Å². The number of nitriles is 1. The Balaban J connectivity index is 1.67. The number of rotatable bonds is 7. The number of methoxy groups -OCH3 is 1. The van der Waals surface area contributed by atoms with Gasteiger partial charge in [0, 0.05) is 0 Å². The van der Waals surface area contributed by atoms with Crippen molar-refractivity contribution < 1.29 is 18.2 Å². The minimum absolute atomic E-state index is 0.145. The van der Waals surface area contributed by atoms with Gasteiger partial charge in [-0.2, -0.15) is 9.35 Å². The Morgan fingerprint density at radius 1 is 1.41 bits per heavy atom. The predicted molar refractivity (Wildman–Crippen MR) is 108 cm³/mol. The summed E-state index contributed by atoms with van der Waals surface area (Å²) < 4.78 is 24.6. The molecule has 0 atom stereocenters. The number of aromatic nitrogens is 3. The molecule has 0 unspecified atom stereocenters. The first-order valence-corrected chi connectivity index (χ1v) is 9.53. The smallest absolute Gasteiger partial charge is 0.337 e. The van der Waals surface area contributed by atoms with E-state index in [1.54, 1.807) is 30.3 Å². The third-order valence-corrected chi connectivity index (χ3v) is 4.68. The molecule has 0 aliphatic rings. The van der Waals surface area contributed by atoms with Gasteiger partial charge in [0.25, 0.3) is 0 Å². The minimum Gasteiger partial charge on any atom is -0.487 e. The van der Waals surface area contributed by atoms with Crippen LogP contribution in [0.2, 0.25) is 0 Å². The average Bonchev–Trinajstić information content (AvgIpc) is 3.06. The van der Waals surface area contributed by atoms with Crippen LogP contribution in [-0.4, -0.2) is 27.2 Å². The number of nitrogens with one attached hydrogen (secondary N) is 1. The van der Waals surface area contributed by atoms with Crippen LogP contribution in [0.15, 0.2) is 47.2 Å². The maximum atomic E-state index is 13.0. The lowest BCUT2D eigenvalue weighted by molar-refractivity contribution is 0.0600. The summed E-state index contributed by atoms with van der Waals surface area (Å²) in [5.41, 5.74) is 1.39. The fourth-order valence-electron chi connectivity index (χ4n) is 2.37. The topological polar surface area (TPSA) is 102 Å². The monoisotopic (exact) mass is 477 g/mol. The molecule has 148 valence electrons. The summed E-state index contributed by atoms with van der Waals surface area (Å²) >= 11 is 2.97. The van der Waals surface area contributed by atoms with Gasteiger partial charge in [0.2, 0.25) is 0 Å². The molecule has 3 aromatic rings. The first-order chi connectivity index (χ1) is 14.0. The molecular weight excluding hydrogens is 465 g/mol. The lowest BCUT2D eigenvalue weighted by atomic mass is 10.1. The molecule has 1 N–H and O–H groups in total. The summed E-state index contributed by atoms with van der Waals surface area (Å²) in [7, 11) is 1.32. The molecule has 11 heteroatoms. The van der Waals surface area contributed by atoms with Crippen molar-refractivity contribution in [3.8, 4) is 11.8 Å². The van der Waals surface area contributed by atoms with Crippen LogP contribution in [0.4, 0.5) is 15.5 Å². The summed E-state index contributed by atoms with van der Waals surface area (Å²) in [4.78, 5) is 15.8. The van der Waals surface area contributed by atoms with Gasteiger partial charge in [-0.3, -0.25) is 0 Å². The molecule has 0 aliphatic carbocycles. The van der Waals surface area contributed by atoms with Crippen molar-refractivity contribution in [2.24, 2.45) is 0 Å². The highest BCUT2D eigenvalue weighted by atomic mass is 79.9. The number of anilines is 2. The number of pyridine rings is 1.